The van der Waals surface area contributed by atoms with Crippen LogP contribution in [-0.4, -0.2) is 59.6 Å². The van der Waals surface area contributed by atoms with Crippen LogP contribution in [0.1, 0.15) is 30.2 Å². The van der Waals surface area contributed by atoms with Gasteiger partial charge in [-0.3, -0.25) is 19.2 Å². The van der Waals surface area contributed by atoms with Gasteiger partial charge in [0.1, 0.15) is 5.75 Å². The molecule has 1 fully saturated rings. The number of aliphatic hydroxyl groups is 1. The average Bonchev–Trinajstić information content (AvgIpc) is 3.70. The lowest BCUT2D eigenvalue weighted by Crippen LogP contribution is -2.45. The van der Waals surface area contributed by atoms with Crippen molar-refractivity contribution >= 4 is 37.3 Å². The van der Waals surface area contributed by atoms with Gasteiger partial charge in [-0.25, -0.2) is 0 Å². The second kappa shape index (κ2) is 12.0. The molecule has 3 aliphatic heterocycles. The summed E-state index contributed by atoms with van der Waals surface area (Å²) in [5.41, 5.74) is 2.76. The highest BCUT2D eigenvalue weighted by molar-refractivity contribution is 6.72. The van der Waals surface area contributed by atoms with Crippen LogP contribution in [0, 0.1) is 5.92 Å². The number of halogens is 1. The minimum Gasteiger partial charge on any atom is -0.482 e. The van der Waals surface area contributed by atoms with Crippen LogP contribution in [0.4, 0.5) is 21.2 Å². The van der Waals surface area contributed by atoms with Crippen molar-refractivity contribution in [2.24, 2.45) is 5.92 Å². The van der Waals surface area contributed by atoms with Crippen molar-refractivity contribution in [1.82, 2.24) is 15.0 Å². The molecule has 1 aromatic heterocycles. The maximum Gasteiger partial charge on any atom is 0.269 e. The summed E-state index contributed by atoms with van der Waals surface area (Å²) in [4.78, 5) is 30.9. The Labute approximate surface area is 273 Å². The number of carbonyl (C=O) groups excluding carboxylic acids is 2. The molecular weight excluding hydrogens is 617 g/mol. The van der Waals surface area contributed by atoms with Crippen molar-refractivity contribution in [3.05, 3.63) is 95.8 Å². The molecule has 1 N–H and O–H groups in total. The van der Waals surface area contributed by atoms with E-state index in [2.05, 4.69) is 10.3 Å². The fourth-order valence-electron chi connectivity index (χ4n) is 7.68. The summed E-state index contributed by atoms with van der Waals surface area (Å²) >= 11 is 0. The number of hydrogen-bond donors (Lipinski definition) is 1. The number of carbonyl (C=O) groups is 2. The Balaban J connectivity index is 1.16. The lowest BCUT2D eigenvalue weighted by molar-refractivity contribution is -0.146. The van der Waals surface area contributed by atoms with Gasteiger partial charge in [-0.1, -0.05) is 54.6 Å². The first-order chi connectivity index (χ1) is 22.6. The number of ether oxygens (including phenoxy) is 2. The van der Waals surface area contributed by atoms with Crippen molar-refractivity contribution < 1.29 is 28.3 Å². The van der Waals surface area contributed by atoms with Gasteiger partial charge in [-0.2, -0.15) is 0 Å². The highest BCUT2D eigenvalue weighted by atomic mass is 28.4. The quantitative estimate of drug-likeness (QED) is 0.193. The van der Waals surface area contributed by atoms with Crippen LogP contribution in [0.15, 0.2) is 79.0 Å². The SMILES string of the molecule is C[C@@H]1[C@@H]([Si](C)(C)F)[C@H](CCn2cc(CCO)nn2)O[C@@]12C(=O)N(Cc1ccc(N3C(=O)COc4ccccc43)cc1)c1ccccc12. The smallest absolute Gasteiger partial charge is 0.269 e. The standard InChI is InChI=1S/C35H38FN5O5Si/c1-23-33(47(2,3)36)31(16-18-39-21-25(17-19-42)37-38-39)46-35(23)27-8-4-5-9-28(27)40(34(35)44)20-24-12-14-26(15-13-24)41-29-10-6-7-11-30(29)45-22-32(41)43/h4-15,21,23,31,33,42H,16-20,22H2,1-3H3/t23-,31+,33-,35+/m1/s1. The van der Waals surface area contributed by atoms with E-state index >= 15 is 4.11 Å². The van der Waals surface area contributed by atoms with E-state index in [0.717, 1.165) is 16.8 Å². The molecule has 0 radical (unpaired) electrons. The van der Waals surface area contributed by atoms with E-state index < -0.39 is 31.6 Å². The zero-order valence-electron chi connectivity index (χ0n) is 26.7. The van der Waals surface area contributed by atoms with E-state index in [9.17, 15) is 14.7 Å². The molecule has 47 heavy (non-hydrogen) atoms. The maximum absolute atomic E-state index is 16.2. The van der Waals surface area contributed by atoms with Crippen molar-refractivity contribution in [3.8, 4) is 5.75 Å². The van der Waals surface area contributed by atoms with Crippen molar-refractivity contribution in [2.45, 2.75) is 63.2 Å². The monoisotopic (exact) mass is 655 g/mol. The summed E-state index contributed by atoms with van der Waals surface area (Å²) in [6.07, 6.45) is 2.18. The molecule has 2 amide bonds. The highest BCUT2D eigenvalue weighted by Gasteiger charge is 2.66. The average molecular weight is 656 g/mol. The number of aliphatic hydroxyl groups excluding tert-OH is 1. The molecule has 10 nitrogen and oxygen atoms in total. The van der Waals surface area contributed by atoms with Crippen molar-refractivity contribution in [1.29, 1.82) is 0 Å². The van der Waals surface area contributed by atoms with Gasteiger partial charge in [0.05, 0.1) is 29.7 Å². The van der Waals surface area contributed by atoms with E-state index in [1.54, 1.807) is 33.8 Å². The molecular formula is C35H38FN5O5Si. The summed E-state index contributed by atoms with van der Waals surface area (Å²) in [5, 5.41) is 17.5. The summed E-state index contributed by atoms with van der Waals surface area (Å²) in [5.74, 6) is -0.0971. The third-order valence-corrected chi connectivity index (χ3v) is 12.2. The molecule has 0 unspecified atom stereocenters. The van der Waals surface area contributed by atoms with E-state index in [1.165, 1.54) is 0 Å². The maximum atomic E-state index is 16.2. The third kappa shape index (κ3) is 5.34. The zero-order valence-corrected chi connectivity index (χ0v) is 27.7. The number of aromatic nitrogens is 3. The molecule has 4 atom stereocenters. The number of rotatable bonds is 9. The molecule has 3 aromatic carbocycles. The predicted molar refractivity (Wildman–Crippen MR) is 177 cm³/mol. The van der Waals surface area contributed by atoms with Crippen LogP contribution in [0.3, 0.4) is 0 Å². The summed E-state index contributed by atoms with van der Waals surface area (Å²) in [6, 6.07) is 22.7. The van der Waals surface area contributed by atoms with E-state index in [1.807, 2.05) is 79.7 Å². The fourth-order valence-corrected chi connectivity index (χ4v) is 10.2. The van der Waals surface area contributed by atoms with Gasteiger partial charge in [-0.05, 0) is 55.4 Å². The molecule has 4 aromatic rings. The van der Waals surface area contributed by atoms with Gasteiger partial charge in [0, 0.05) is 48.5 Å². The zero-order chi connectivity index (χ0) is 32.9. The lowest BCUT2D eigenvalue weighted by Gasteiger charge is -2.31. The first-order valence-electron chi connectivity index (χ1n) is 16.0. The summed E-state index contributed by atoms with van der Waals surface area (Å²) in [7, 11) is -3.31. The molecule has 4 heterocycles. The molecule has 0 aliphatic carbocycles. The van der Waals surface area contributed by atoms with Crippen molar-refractivity contribution in [2.75, 3.05) is 23.0 Å². The molecule has 0 bridgehead atoms. The van der Waals surface area contributed by atoms with Crippen LogP contribution in [-0.2, 0) is 39.4 Å². The number of para-hydroxylation sites is 3. The van der Waals surface area contributed by atoms with Gasteiger partial charge < -0.3 is 23.6 Å². The van der Waals surface area contributed by atoms with E-state index in [-0.39, 0.29) is 25.0 Å². The molecule has 1 spiro atoms. The molecule has 12 heteroatoms. The Morgan fingerprint density at radius 3 is 2.49 bits per heavy atom. The second-order valence-electron chi connectivity index (χ2n) is 13.1. The van der Waals surface area contributed by atoms with Crippen LogP contribution < -0.4 is 14.5 Å². The topological polar surface area (TPSA) is 110 Å². The largest absolute Gasteiger partial charge is 0.482 e. The Hall–Kier alpha value is -4.39. The number of hydrogen-bond acceptors (Lipinski definition) is 7. The summed E-state index contributed by atoms with van der Waals surface area (Å²) < 4.78 is 30.3. The Kier molecular flexibility index (Phi) is 7.97. The molecule has 1 saturated heterocycles. The lowest BCUT2D eigenvalue weighted by atomic mass is 9.82. The van der Waals surface area contributed by atoms with Gasteiger partial charge in [0.2, 0.25) is 8.41 Å². The van der Waals surface area contributed by atoms with Crippen LogP contribution in [0.25, 0.3) is 0 Å². The molecule has 244 valence electrons. The summed E-state index contributed by atoms with van der Waals surface area (Å²) in [6.45, 7) is 6.04. The normalized spacial score (nSPS) is 23.7. The molecule has 7 rings (SSSR count). The number of benzene rings is 3. The van der Waals surface area contributed by atoms with Crippen LogP contribution in [0.2, 0.25) is 18.6 Å². The first kappa shape index (κ1) is 31.2. The number of aryl methyl sites for hydroxylation is 1. The number of fused-ring (bicyclic) bond motifs is 3. The van der Waals surface area contributed by atoms with E-state index in [0.29, 0.717) is 48.7 Å². The number of nitrogens with zero attached hydrogens (tertiary/aromatic N) is 5. The minimum absolute atomic E-state index is 0.0155. The molecule has 3 aliphatic rings. The third-order valence-electron chi connectivity index (χ3n) is 9.71. The Morgan fingerprint density at radius 1 is 1.02 bits per heavy atom. The van der Waals surface area contributed by atoms with Gasteiger partial charge in [0.25, 0.3) is 11.8 Å². The number of anilines is 3. The fraction of sp³-hybridized carbons (Fsp3) is 0.371. The molecule has 0 saturated carbocycles. The van der Waals surface area contributed by atoms with E-state index in [4.69, 9.17) is 9.47 Å². The van der Waals surface area contributed by atoms with Crippen molar-refractivity contribution in [3.63, 3.8) is 0 Å². The Morgan fingerprint density at radius 2 is 1.74 bits per heavy atom. The van der Waals surface area contributed by atoms with Crippen LogP contribution >= 0.6 is 0 Å². The van der Waals surface area contributed by atoms with Gasteiger partial charge in [-0.15, -0.1) is 5.10 Å². The van der Waals surface area contributed by atoms with Gasteiger partial charge in [0.15, 0.2) is 12.2 Å². The first-order valence-corrected chi connectivity index (χ1v) is 19.0. The minimum atomic E-state index is -3.31. The number of amides is 2. The van der Waals surface area contributed by atoms with Gasteiger partial charge >= 0.3 is 0 Å². The predicted octanol–water partition coefficient (Wildman–Crippen LogP) is 5.28. The Bertz CT molecular complexity index is 1810. The van der Waals surface area contributed by atoms with Crippen LogP contribution in [0.5, 0.6) is 5.75 Å². The second-order valence-corrected chi connectivity index (χ2v) is 16.9. The highest BCUT2D eigenvalue weighted by Crippen LogP contribution is 2.60.